The molecule has 2 N–H and O–H groups in total. The van der Waals surface area contributed by atoms with Gasteiger partial charge < -0.3 is 10.3 Å². The van der Waals surface area contributed by atoms with Crippen molar-refractivity contribution in [2.24, 2.45) is 5.73 Å². The van der Waals surface area contributed by atoms with Gasteiger partial charge in [0.05, 0.1) is 5.69 Å². The zero-order chi connectivity index (χ0) is 11.8. The first-order valence-corrected chi connectivity index (χ1v) is 6.12. The Morgan fingerprint density at radius 3 is 2.82 bits per heavy atom. The number of benzene rings is 1. The van der Waals surface area contributed by atoms with E-state index in [4.69, 9.17) is 10.7 Å². The average Bonchev–Trinajstić information content (AvgIpc) is 2.68. The topological polar surface area (TPSA) is 43.8 Å². The van der Waals surface area contributed by atoms with Crippen LogP contribution in [0.25, 0.3) is 11.3 Å². The number of hydrogen-bond donors (Lipinski definition) is 1. The van der Waals surface area contributed by atoms with Crippen molar-refractivity contribution in [1.82, 2.24) is 9.55 Å². The lowest BCUT2D eigenvalue weighted by molar-refractivity contribution is 0.448. The lowest BCUT2D eigenvalue weighted by Gasteiger charge is -2.21. The Bertz CT molecular complexity index is 528. The van der Waals surface area contributed by atoms with E-state index < -0.39 is 0 Å². The van der Waals surface area contributed by atoms with E-state index in [1.165, 1.54) is 17.1 Å². The summed E-state index contributed by atoms with van der Waals surface area (Å²) in [6.07, 6.45) is 2.04. The van der Waals surface area contributed by atoms with Gasteiger partial charge in [0.15, 0.2) is 0 Å². The first-order chi connectivity index (χ1) is 8.25. The summed E-state index contributed by atoms with van der Waals surface area (Å²) in [6.45, 7) is 3.04. The standard InChI is InChI=1S/C14H17N3/c1-10-14(11-5-3-2-4-6-11)16-13-8-7-12(15)9-17(10)13/h2-6,12H,7-9,15H2,1H3. The fourth-order valence-corrected chi connectivity index (χ4v) is 2.53. The molecule has 1 aliphatic heterocycles. The second-order valence-electron chi connectivity index (χ2n) is 4.74. The lowest BCUT2D eigenvalue weighted by atomic mass is 10.1. The van der Waals surface area contributed by atoms with Gasteiger partial charge in [-0.1, -0.05) is 30.3 Å². The zero-order valence-electron chi connectivity index (χ0n) is 10.1. The second-order valence-corrected chi connectivity index (χ2v) is 4.74. The molecule has 3 heteroatoms. The number of nitrogens with zero attached hydrogens (tertiary/aromatic N) is 2. The highest BCUT2D eigenvalue weighted by molar-refractivity contribution is 5.62. The van der Waals surface area contributed by atoms with Crippen LogP contribution in [0.5, 0.6) is 0 Å². The Morgan fingerprint density at radius 2 is 2.06 bits per heavy atom. The summed E-state index contributed by atoms with van der Waals surface area (Å²) in [5.41, 5.74) is 9.56. The molecule has 3 nitrogen and oxygen atoms in total. The highest BCUT2D eigenvalue weighted by atomic mass is 15.1. The molecular weight excluding hydrogens is 210 g/mol. The number of fused-ring (bicyclic) bond motifs is 1. The maximum Gasteiger partial charge on any atom is 0.109 e. The molecule has 88 valence electrons. The number of nitrogens with two attached hydrogens (primary N) is 1. The van der Waals surface area contributed by atoms with Crippen LogP contribution in [0.3, 0.4) is 0 Å². The van der Waals surface area contributed by atoms with Crippen LogP contribution >= 0.6 is 0 Å². The van der Waals surface area contributed by atoms with Gasteiger partial charge in [-0.3, -0.25) is 0 Å². The number of rotatable bonds is 1. The molecule has 0 bridgehead atoms. The molecule has 0 radical (unpaired) electrons. The Hall–Kier alpha value is -1.61. The summed E-state index contributed by atoms with van der Waals surface area (Å²) < 4.78 is 2.27. The van der Waals surface area contributed by atoms with E-state index in [1.807, 2.05) is 6.07 Å². The van der Waals surface area contributed by atoms with Gasteiger partial charge in [-0.25, -0.2) is 4.98 Å². The summed E-state index contributed by atoms with van der Waals surface area (Å²) in [6, 6.07) is 10.6. The second kappa shape index (κ2) is 4.00. The number of aromatic nitrogens is 2. The Morgan fingerprint density at radius 1 is 1.29 bits per heavy atom. The fourth-order valence-electron chi connectivity index (χ4n) is 2.53. The highest BCUT2D eigenvalue weighted by Gasteiger charge is 2.21. The van der Waals surface area contributed by atoms with Gasteiger partial charge in [0, 0.05) is 30.3 Å². The van der Waals surface area contributed by atoms with Crippen LogP contribution in [-0.4, -0.2) is 15.6 Å². The first kappa shape index (κ1) is 10.5. The van der Waals surface area contributed by atoms with E-state index in [0.29, 0.717) is 0 Å². The van der Waals surface area contributed by atoms with E-state index in [2.05, 4.69) is 35.8 Å². The maximum absolute atomic E-state index is 6.02. The summed E-state index contributed by atoms with van der Waals surface area (Å²) in [5, 5.41) is 0. The zero-order valence-corrected chi connectivity index (χ0v) is 10.1. The molecule has 2 heterocycles. The molecule has 1 aromatic carbocycles. The van der Waals surface area contributed by atoms with Crippen molar-refractivity contribution in [2.75, 3.05) is 0 Å². The van der Waals surface area contributed by atoms with E-state index in [0.717, 1.165) is 25.1 Å². The third-order valence-electron chi connectivity index (χ3n) is 3.50. The summed E-state index contributed by atoms with van der Waals surface area (Å²) in [5.74, 6) is 1.18. The Balaban J connectivity index is 2.08. The van der Waals surface area contributed by atoms with Crippen LogP contribution in [-0.2, 0) is 13.0 Å². The molecule has 0 saturated carbocycles. The van der Waals surface area contributed by atoms with Crippen molar-refractivity contribution < 1.29 is 0 Å². The van der Waals surface area contributed by atoms with Gasteiger partial charge >= 0.3 is 0 Å². The van der Waals surface area contributed by atoms with Crippen LogP contribution < -0.4 is 5.73 Å². The number of imidazole rings is 1. The van der Waals surface area contributed by atoms with Crippen LogP contribution in [0.4, 0.5) is 0 Å². The van der Waals surface area contributed by atoms with E-state index in [-0.39, 0.29) is 6.04 Å². The minimum Gasteiger partial charge on any atom is -0.330 e. The van der Waals surface area contributed by atoms with Crippen molar-refractivity contribution in [2.45, 2.75) is 32.4 Å². The average molecular weight is 227 g/mol. The first-order valence-electron chi connectivity index (χ1n) is 6.12. The highest BCUT2D eigenvalue weighted by Crippen LogP contribution is 2.26. The van der Waals surface area contributed by atoms with Gasteiger partial charge in [0.2, 0.25) is 0 Å². The molecule has 0 amide bonds. The Labute approximate surface area is 101 Å². The van der Waals surface area contributed by atoms with Gasteiger partial charge in [-0.2, -0.15) is 0 Å². The van der Waals surface area contributed by atoms with Crippen LogP contribution in [0.2, 0.25) is 0 Å². The number of aryl methyl sites for hydroxylation is 1. The monoisotopic (exact) mass is 227 g/mol. The summed E-state index contributed by atoms with van der Waals surface area (Å²) >= 11 is 0. The molecule has 1 aromatic heterocycles. The third kappa shape index (κ3) is 1.76. The van der Waals surface area contributed by atoms with E-state index >= 15 is 0 Å². The summed E-state index contributed by atoms with van der Waals surface area (Å²) in [7, 11) is 0. The minimum absolute atomic E-state index is 0.277. The predicted molar refractivity (Wildman–Crippen MR) is 68.7 cm³/mol. The van der Waals surface area contributed by atoms with E-state index in [9.17, 15) is 0 Å². The molecule has 0 aliphatic carbocycles. The molecule has 1 unspecified atom stereocenters. The molecule has 3 rings (SSSR count). The van der Waals surface area contributed by atoms with Gasteiger partial charge in [0.25, 0.3) is 0 Å². The third-order valence-corrected chi connectivity index (χ3v) is 3.50. The predicted octanol–water partition coefficient (Wildman–Crippen LogP) is 2.13. The van der Waals surface area contributed by atoms with Gasteiger partial charge in [0.1, 0.15) is 5.82 Å². The van der Waals surface area contributed by atoms with Crippen LogP contribution in [0.15, 0.2) is 30.3 Å². The quantitative estimate of drug-likeness (QED) is 0.811. The summed E-state index contributed by atoms with van der Waals surface area (Å²) in [4.78, 5) is 4.76. The van der Waals surface area contributed by atoms with Gasteiger partial charge in [-0.15, -0.1) is 0 Å². The maximum atomic E-state index is 6.02. The van der Waals surface area contributed by atoms with Crippen LogP contribution in [0, 0.1) is 6.92 Å². The molecular formula is C14H17N3. The SMILES string of the molecule is Cc1c(-c2ccccc2)nc2n1CC(N)CC2. The van der Waals surface area contributed by atoms with Crippen molar-refractivity contribution in [3.63, 3.8) is 0 Å². The van der Waals surface area contributed by atoms with Crippen molar-refractivity contribution in [3.05, 3.63) is 41.9 Å². The number of hydrogen-bond acceptors (Lipinski definition) is 2. The fraction of sp³-hybridized carbons (Fsp3) is 0.357. The van der Waals surface area contributed by atoms with Gasteiger partial charge in [-0.05, 0) is 13.3 Å². The smallest absolute Gasteiger partial charge is 0.109 e. The normalized spacial score (nSPS) is 19.1. The molecule has 2 aromatic rings. The van der Waals surface area contributed by atoms with Crippen molar-refractivity contribution in [1.29, 1.82) is 0 Å². The molecule has 1 atom stereocenters. The molecule has 0 saturated heterocycles. The van der Waals surface area contributed by atoms with Crippen molar-refractivity contribution in [3.8, 4) is 11.3 Å². The lowest BCUT2D eigenvalue weighted by Crippen LogP contribution is -2.32. The Kier molecular flexibility index (Phi) is 2.48. The largest absolute Gasteiger partial charge is 0.330 e. The molecule has 17 heavy (non-hydrogen) atoms. The molecule has 0 spiro atoms. The van der Waals surface area contributed by atoms with Crippen LogP contribution in [0.1, 0.15) is 17.9 Å². The molecule has 0 fully saturated rings. The van der Waals surface area contributed by atoms with E-state index in [1.54, 1.807) is 0 Å². The molecule has 1 aliphatic rings. The van der Waals surface area contributed by atoms with Crippen molar-refractivity contribution >= 4 is 0 Å². The minimum atomic E-state index is 0.277.